The zero-order valence-electron chi connectivity index (χ0n) is 13.0. The molecule has 0 radical (unpaired) electrons. The number of carboxylic acid groups (broad SMARTS) is 1. The molecule has 1 aliphatic heterocycles. The summed E-state index contributed by atoms with van der Waals surface area (Å²) in [7, 11) is 1.61. The van der Waals surface area contributed by atoms with E-state index in [1.54, 1.807) is 16.4 Å². The fourth-order valence-electron chi connectivity index (χ4n) is 2.62. The second kappa shape index (κ2) is 6.66. The third kappa shape index (κ3) is 2.90. The Hall–Kier alpha value is -2.32. The molecule has 9 heteroatoms. The van der Waals surface area contributed by atoms with Crippen molar-refractivity contribution in [3.63, 3.8) is 0 Å². The van der Waals surface area contributed by atoms with Crippen molar-refractivity contribution in [2.24, 2.45) is 0 Å². The molecule has 3 heterocycles. The van der Waals surface area contributed by atoms with E-state index in [1.165, 1.54) is 12.3 Å². The number of halogens is 1. The van der Waals surface area contributed by atoms with Gasteiger partial charge < -0.3 is 19.1 Å². The largest absolute Gasteiger partial charge is 0.477 e. The summed E-state index contributed by atoms with van der Waals surface area (Å²) in [5, 5.41) is 13.7. The molecule has 24 heavy (non-hydrogen) atoms. The van der Waals surface area contributed by atoms with E-state index < -0.39 is 11.4 Å². The summed E-state index contributed by atoms with van der Waals surface area (Å²) in [4.78, 5) is 23.1. The van der Waals surface area contributed by atoms with E-state index in [0.29, 0.717) is 55.0 Å². The topological polar surface area (TPSA) is 95.6 Å². The van der Waals surface area contributed by atoms with Crippen LogP contribution in [0.25, 0.3) is 11.4 Å². The lowest BCUT2D eigenvalue weighted by atomic mass is 10.1. The van der Waals surface area contributed by atoms with E-state index in [1.807, 2.05) is 0 Å². The molecule has 8 nitrogen and oxygen atoms in total. The van der Waals surface area contributed by atoms with Gasteiger partial charge in [-0.15, -0.1) is 5.10 Å². The van der Waals surface area contributed by atoms with Crippen molar-refractivity contribution in [3.05, 3.63) is 33.1 Å². The molecule has 0 bridgehead atoms. The van der Waals surface area contributed by atoms with Crippen LogP contribution in [-0.4, -0.2) is 45.7 Å². The van der Waals surface area contributed by atoms with Gasteiger partial charge in [0.2, 0.25) is 0 Å². The lowest BCUT2D eigenvalue weighted by Gasteiger charge is -2.20. The van der Waals surface area contributed by atoms with Gasteiger partial charge in [-0.05, 0) is 0 Å². The second-order valence-corrected chi connectivity index (χ2v) is 5.70. The molecule has 0 aliphatic carbocycles. The van der Waals surface area contributed by atoms with Crippen LogP contribution in [0.4, 0.5) is 0 Å². The molecule has 3 rings (SSSR count). The van der Waals surface area contributed by atoms with Crippen LogP contribution >= 0.6 is 11.6 Å². The van der Waals surface area contributed by atoms with Crippen LogP contribution in [0, 0.1) is 0 Å². The van der Waals surface area contributed by atoms with Gasteiger partial charge in [-0.25, -0.2) is 4.79 Å². The molecule has 0 spiro atoms. The highest BCUT2D eigenvalue weighted by atomic mass is 35.5. The molecule has 0 atom stereocenters. The maximum atomic E-state index is 12.0. The summed E-state index contributed by atoms with van der Waals surface area (Å²) in [5.41, 5.74) is 0.250. The van der Waals surface area contributed by atoms with Crippen LogP contribution < -0.4 is 10.2 Å². The van der Waals surface area contributed by atoms with Crippen molar-refractivity contribution in [2.45, 2.75) is 19.5 Å². The minimum Gasteiger partial charge on any atom is -0.477 e. The molecule has 0 fully saturated rings. The minimum absolute atomic E-state index is 0.265. The first-order valence-electron chi connectivity index (χ1n) is 7.39. The molecule has 128 valence electrons. The van der Waals surface area contributed by atoms with Gasteiger partial charge in [0.25, 0.3) is 5.88 Å². The SMILES string of the molecule is COCCCOc1nn2c(c1Cl)-c1cc(=O)c(C(=O)O)cn1CC2. The maximum absolute atomic E-state index is 12.0. The Balaban J connectivity index is 1.96. The maximum Gasteiger partial charge on any atom is 0.341 e. The Morgan fingerprint density at radius 3 is 2.92 bits per heavy atom. The smallest absolute Gasteiger partial charge is 0.341 e. The van der Waals surface area contributed by atoms with Crippen molar-refractivity contribution >= 4 is 17.6 Å². The predicted octanol–water partition coefficient (Wildman–Crippen LogP) is 1.49. The Kier molecular flexibility index (Phi) is 4.59. The number of aryl methyl sites for hydroxylation is 2. The lowest BCUT2D eigenvalue weighted by Crippen LogP contribution is -2.24. The standard InChI is InChI=1S/C15H16ClN3O5/c1-23-5-2-6-24-14-12(16)13-10-7-11(20)9(15(21)22)8-18(10)3-4-19(13)17-14/h7-8H,2-6H2,1H3,(H,21,22). The predicted molar refractivity (Wildman–Crippen MR) is 85.9 cm³/mol. The van der Waals surface area contributed by atoms with Gasteiger partial charge in [0.1, 0.15) is 16.3 Å². The summed E-state index contributed by atoms with van der Waals surface area (Å²) < 4.78 is 13.9. The van der Waals surface area contributed by atoms with Crippen LogP contribution in [0.15, 0.2) is 17.1 Å². The summed E-state index contributed by atoms with van der Waals surface area (Å²) in [6.07, 6.45) is 2.04. The molecule has 0 amide bonds. The first-order valence-corrected chi connectivity index (χ1v) is 7.77. The van der Waals surface area contributed by atoms with Gasteiger partial charge in [-0.1, -0.05) is 11.6 Å². The monoisotopic (exact) mass is 353 g/mol. The second-order valence-electron chi connectivity index (χ2n) is 5.32. The Bertz CT molecular complexity index is 842. The van der Waals surface area contributed by atoms with Crippen LogP contribution in [0.2, 0.25) is 5.02 Å². The highest BCUT2D eigenvalue weighted by Gasteiger charge is 2.26. The summed E-state index contributed by atoms with van der Waals surface area (Å²) in [5.74, 6) is -0.950. The van der Waals surface area contributed by atoms with Crippen molar-refractivity contribution in [3.8, 4) is 17.3 Å². The van der Waals surface area contributed by atoms with Crippen molar-refractivity contribution in [1.82, 2.24) is 14.3 Å². The van der Waals surface area contributed by atoms with Crippen LogP contribution in [0.1, 0.15) is 16.8 Å². The Morgan fingerprint density at radius 1 is 1.42 bits per heavy atom. The number of pyridine rings is 1. The number of rotatable bonds is 6. The van der Waals surface area contributed by atoms with Gasteiger partial charge in [0, 0.05) is 38.9 Å². The summed E-state index contributed by atoms with van der Waals surface area (Å²) in [6, 6.07) is 1.27. The highest BCUT2D eigenvalue weighted by Crippen LogP contribution is 2.37. The van der Waals surface area contributed by atoms with E-state index in [-0.39, 0.29) is 5.56 Å². The van der Waals surface area contributed by atoms with E-state index in [0.717, 1.165) is 0 Å². The number of carbonyl (C=O) groups is 1. The zero-order chi connectivity index (χ0) is 17.3. The fraction of sp³-hybridized carbons (Fsp3) is 0.400. The van der Waals surface area contributed by atoms with Crippen LogP contribution in [0.3, 0.4) is 0 Å². The third-order valence-electron chi connectivity index (χ3n) is 3.75. The van der Waals surface area contributed by atoms with Crippen molar-refractivity contribution in [1.29, 1.82) is 0 Å². The summed E-state index contributed by atoms with van der Waals surface area (Å²) in [6.45, 7) is 1.98. The van der Waals surface area contributed by atoms with E-state index in [4.69, 9.17) is 26.2 Å². The quantitative estimate of drug-likeness (QED) is 0.790. The van der Waals surface area contributed by atoms with Gasteiger partial charge in [0.15, 0.2) is 5.43 Å². The van der Waals surface area contributed by atoms with Gasteiger partial charge in [-0.2, -0.15) is 0 Å². The lowest BCUT2D eigenvalue weighted by molar-refractivity contribution is 0.0694. The number of fused-ring (bicyclic) bond motifs is 3. The van der Waals surface area contributed by atoms with E-state index in [9.17, 15) is 9.59 Å². The van der Waals surface area contributed by atoms with Gasteiger partial charge in [-0.3, -0.25) is 9.48 Å². The molecule has 0 aromatic carbocycles. The third-order valence-corrected chi connectivity index (χ3v) is 4.09. The molecular weight excluding hydrogens is 338 g/mol. The first-order chi connectivity index (χ1) is 11.5. The molecule has 1 aliphatic rings. The number of aromatic nitrogens is 3. The fourth-order valence-corrected chi connectivity index (χ4v) is 2.90. The van der Waals surface area contributed by atoms with Crippen molar-refractivity contribution in [2.75, 3.05) is 20.3 Å². The number of hydrogen-bond donors (Lipinski definition) is 1. The van der Waals surface area contributed by atoms with E-state index in [2.05, 4.69) is 5.10 Å². The highest BCUT2D eigenvalue weighted by molar-refractivity contribution is 6.34. The van der Waals surface area contributed by atoms with Crippen LogP contribution in [-0.2, 0) is 17.8 Å². The number of carboxylic acids is 1. The minimum atomic E-state index is -1.25. The molecule has 2 aromatic rings. The Morgan fingerprint density at radius 2 is 2.21 bits per heavy atom. The number of methoxy groups -OCH3 is 1. The number of aromatic carboxylic acids is 1. The van der Waals surface area contributed by atoms with Crippen LogP contribution in [0.5, 0.6) is 5.88 Å². The Labute approximate surface area is 142 Å². The number of ether oxygens (including phenoxy) is 2. The zero-order valence-corrected chi connectivity index (χ0v) is 13.7. The van der Waals surface area contributed by atoms with Crippen molar-refractivity contribution < 1.29 is 19.4 Å². The molecule has 1 N–H and O–H groups in total. The number of nitrogens with zero attached hydrogens (tertiary/aromatic N) is 3. The molecular formula is C15H16ClN3O5. The van der Waals surface area contributed by atoms with Gasteiger partial charge in [0.05, 0.1) is 18.8 Å². The molecule has 0 unspecified atom stereocenters. The average molecular weight is 354 g/mol. The van der Waals surface area contributed by atoms with Gasteiger partial charge >= 0.3 is 5.97 Å². The normalized spacial score (nSPS) is 12.6. The molecule has 0 saturated carbocycles. The average Bonchev–Trinajstić information content (AvgIpc) is 2.87. The molecule has 0 saturated heterocycles. The first kappa shape index (κ1) is 16.5. The summed E-state index contributed by atoms with van der Waals surface area (Å²) >= 11 is 6.37. The number of hydrogen-bond acceptors (Lipinski definition) is 5. The molecule has 2 aromatic heterocycles. The van der Waals surface area contributed by atoms with E-state index >= 15 is 0 Å².